The molecule has 2 N–H and O–H groups in total. The van der Waals surface area contributed by atoms with Crippen LogP contribution >= 0.6 is 0 Å². The summed E-state index contributed by atoms with van der Waals surface area (Å²) in [4.78, 5) is 25.1. The molecule has 2 aromatic heterocycles. The van der Waals surface area contributed by atoms with Crippen molar-refractivity contribution in [1.29, 1.82) is 0 Å². The van der Waals surface area contributed by atoms with E-state index in [0.717, 1.165) is 31.4 Å². The summed E-state index contributed by atoms with van der Waals surface area (Å²) >= 11 is 0. The minimum atomic E-state index is -0.324. The monoisotopic (exact) mass is 344 g/mol. The Morgan fingerprint density at radius 2 is 1.64 bits per heavy atom. The summed E-state index contributed by atoms with van der Waals surface area (Å²) in [6.45, 7) is 1.87. The first-order valence-electron chi connectivity index (χ1n) is 8.60. The zero-order valence-corrected chi connectivity index (χ0v) is 14.9. The first-order chi connectivity index (χ1) is 12.0. The Hall–Kier alpha value is -2.64. The lowest BCUT2D eigenvalue weighted by atomic mass is 9.88. The summed E-state index contributed by atoms with van der Waals surface area (Å²) in [6, 6.07) is 0. The van der Waals surface area contributed by atoms with Crippen LogP contribution in [0.15, 0.2) is 12.4 Å². The average molecular weight is 344 g/mol. The first-order valence-corrected chi connectivity index (χ1v) is 8.60. The summed E-state index contributed by atoms with van der Waals surface area (Å²) in [6.07, 6.45) is 8.28. The van der Waals surface area contributed by atoms with Gasteiger partial charge in [0.1, 0.15) is 5.69 Å². The van der Waals surface area contributed by atoms with Crippen LogP contribution in [-0.2, 0) is 18.9 Å². The quantitative estimate of drug-likeness (QED) is 0.889. The van der Waals surface area contributed by atoms with Gasteiger partial charge in [-0.05, 0) is 19.8 Å². The van der Waals surface area contributed by atoms with Crippen molar-refractivity contribution >= 4 is 23.2 Å². The number of anilines is 2. The number of hydrogen-bond acceptors (Lipinski definition) is 4. The molecule has 1 aliphatic carbocycles. The van der Waals surface area contributed by atoms with E-state index in [1.165, 1.54) is 17.3 Å². The molecule has 8 nitrogen and oxygen atoms in total. The summed E-state index contributed by atoms with van der Waals surface area (Å²) in [7, 11) is 3.49. The highest BCUT2D eigenvalue weighted by atomic mass is 16.2. The Bertz CT molecular complexity index is 785. The molecule has 1 saturated carbocycles. The van der Waals surface area contributed by atoms with Crippen LogP contribution in [0.4, 0.5) is 11.4 Å². The van der Waals surface area contributed by atoms with E-state index in [1.54, 1.807) is 17.9 Å². The molecule has 2 amide bonds. The van der Waals surface area contributed by atoms with Crippen LogP contribution in [0, 0.1) is 12.8 Å². The lowest BCUT2D eigenvalue weighted by molar-refractivity contribution is -0.120. The van der Waals surface area contributed by atoms with Gasteiger partial charge in [-0.25, -0.2) is 0 Å². The molecule has 0 saturated heterocycles. The van der Waals surface area contributed by atoms with E-state index in [9.17, 15) is 9.59 Å². The van der Waals surface area contributed by atoms with Gasteiger partial charge in [0.2, 0.25) is 5.91 Å². The van der Waals surface area contributed by atoms with Gasteiger partial charge in [0, 0.05) is 20.0 Å². The minimum Gasteiger partial charge on any atom is -0.323 e. The lowest BCUT2D eigenvalue weighted by Crippen LogP contribution is -2.26. The predicted molar refractivity (Wildman–Crippen MR) is 94.3 cm³/mol. The molecule has 2 heterocycles. The third-order valence-corrected chi connectivity index (χ3v) is 4.87. The molecular formula is C17H24N6O2. The second-order valence-corrected chi connectivity index (χ2v) is 6.58. The highest BCUT2D eigenvalue weighted by Gasteiger charge is 2.25. The summed E-state index contributed by atoms with van der Waals surface area (Å²) < 4.78 is 3.15. The van der Waals surface area contributed by atoms with Crippen LogP contribution in [0.3, 0.4) is 0 Å². The molecular weight excluding hydrogens is 320 g/mol. The lowest BCUT2D eigenvalue weighted by Gasteiger charge is -2.20. The highest BCUT2D eigenvalue weighted by molar-refractivity contribution is 6.09. The van der Waals surface area contributed by atoms with Crippen molar-refractivity contribution in [3.05, 3.63) is 23.8 Å². The summed E-state index contributed by atoms with van der Waals surface area (Å²) in [5.41, 5.74) is 2.26. The fourth-order valence-electron chi connectivity index (χ4n) is 3.20. The van der Waals surface area contributed by atoms with Gasteiger partial charge in [-0.15, -0.1) is 0 Å². The van der Waals surface area contributed by atoms with E-state index in [4.69, 9.17) is 0 Å². The number of amides is 2. The van der Waals surface area contributed by atoms with E-state index >= 15 is 0 Å². The Labute approximate surface area is 146 Å². The Morgan fingerprint density at radius 1 is 1.00 bits per heavy atom. The fourth-order valence-corrected chi connectivity index (χ4v) is 3.20. The highest BCUT2D eigenvalue weighted by Crippen LogP contribution is 2.26. The van der Waals surface area contributed by atoms with Crippen molar-refractivity contribution in [3.63, 3.8) is 0 Å². The van der Waals surface area contributed by atoms with E-state index < -0.39 is 0 Å². The SMILES string of the molecule is Cc1c(NC(=O)c2c(NC(=O)C3CCCCC3)cnn2C)cnn1C. The molecule has 0 bridgehead atoms. The molecule has 25 heavy (non-hydrogen) atoms. The molecule has 0 aliphatic heterocycles. The van der Waals surface area contributed by atoms with Crippen LogP contribution in [0.1, 0.15) is 48.3 Å². The van der Waals surface area contributed by atoms with Crippen LogP contribution in [-0.4, -0.2) is 31.4 Å². The van der Waals surface area contributed by atoms with E-state index in [-0.39, 0.29) is 17.7 Å². The third kappa shape index (κ3) is 3.57. The van der Waals surface area contributed by atoms with Crippen molar-refractivity contribution in [3.8, 4) is 0 Å². The van der Waals surface area contributed by atoms with Gasteiger partial charge in [-0.3, -0.25) is 19.0 Å². The minimum absolute atomic E-state index is 0.0189. The number of nitrogens with one attached hydrogen (secondary N) is 2. The number of rotatable bonds is 4. The van der Waals surface area contributed by atoms with Crippen molar-refractivity contribution < 1.29 is 9.59 Å². The van der Waals surface area contributed by atoms with Gasteiger partial charge in [0.25, 0.3) is 5.91 Å². The number of carbonyl (C=O) groups excluding carboxylic acids is 2. The second kappa shape index (κ2) is 7.08. The Morgan fingerprint density at radius 3 is 2.28 bits per heavy atom. The van der Waals surface area contributed by atoms with Gasteiger partial charge in [0.05, 0.1) is 29.5 Å². The number of aryl methyl sites for hydroxylation is 2. The summed E-state index contributed by atoms with van der Waals surface area (Å²) in [5.74, 6) is -0.334. The number of aromatic nitrogens is 4. The largest absolute Gasteiger partial charge is 0.323 e. The van der Waals surface area contributed by atoms with Crippen molar-refractivity contribution in [2.75, 3.05) is 10.6 Å². The van der Waals surface area contributed by atoms with Gasteiger partial charge in [-0.1, -0.05) is 19.3 Å². The second-order valence-electron chi connectivity index (χ2n) is 6.58. The van der Waals surface area contributed by atoms with Crippen LogP contribution < -0.4 is 10.6 Å². The van der Waals surface area contributed by atoms with Crippen LogP contribution in [0.5, 0.6) is 0 Å². The van der Waals surface area contributed by atoms with Crippen LogP contribution in [0.25, 0.3) is 0 Å². The van der Waals surface area contributed by atoms with Gasteiger partial charge in [0.15, 0.2) is 0 Å². The normalized spacial score (nSPS) is 15.2. The zero-order valence-electron chi connectivity index (χ0n) is 14.9. The molecule has 1 aliphatic rings. The molecule has 2 aromatic rings. The topological polar surface area (TPSA) is 93.8 Å². The Kier molecular flexibility index (Phi) is 4.87. The van der Waals surface area contributed by atoms with Crippen molar-refractivity contribution in [2.24, 2.45) is 20.0 Å². The van der Waals surface area contributed by atoms with Crippen LogP contribution in [0.2, 0.25) is 0 Å². The molecule has 0 unspecified atom stereocenters. The smallest absolute Gasteiger partial charge is 0.276 e. The molecule has 134 valence electrons. The first kappa shape index (κ1) is 17.2. The van der Waals surface area contributed by atoms with E-state index in [1.807, 2.05) is 14.0 Å². The number of hydrogen-bond donors (Lipinski definition) is 2. The Balaban J connectivity index is 1.75. The molecule has 0 spiro atoms. The standard InChI is InChI=1S/C17H24N6O2/c1-11-13(9-18-22(11)2)20-17(25)15-14(10-19-23(15)3)21-16(24)12-7-5-4-6-8-12/h9-10,12H,4-8H2,1-3H3,(H,20,25)(H,21,24). The van der Waals surface area contributed by atoms with Crippen molar-refractivity contribution in [1.82, 2.24) is 19.6 Å². The number of nitrogens with zero attached hydrogens (tertiary/aromatic N) is 4. The summed E-state index contributed by atoms with van der Waals surface area (Å²) in [5, 5.41) is 14.0. The molecule has 0 atom stereocenters. The van der Waals surface area contributed by atoms with Gasteiger partial charge >= 0.3 is 0 Å². The van der Waals surface area contributed by atoms with E-state index in [0.29, 0.717) is 17.1 Å². The van der Waals surface area contributed by atoms with Gasteiger partial charge < -0.3 is 10.6 Å². The average Bonchev–Trinajstić information content (AvgIpc) is 3.12. The molecule has 0 radical (unpaired) electrons. The molecule has 1 fully saturated rings. The maximum Gasteiger partial charge on any atom is 0.276 e. The molecule has 3 rings (SSSR count). The predicted octanol–water partition coefficient (Wildman–Crippen LogP) is 2.23. The fraction of sp³-hybridized carbons (Fsp3) is 0.529. The van der Waals surface area contributed by atoms with E-state index in [2.05, 4.69) is 20.8 Å². The third-order valence-electron chi connectivity index (χ3n) is 4.87. The molecule has 0 aromatic carbocycles. The van der Waals surface area contributed by atoms with Crippen molar-refractivity contribution in [2.45, 2.75) is 39.0 Å². The maximum atomic E-state index is 12.7. The maximum absolute atomic E-state index is 12.7. The molecule has 8 heteroatoms. The number of carbonyl (C=O) groups is 2. The zero-order chi connectivity index (χ0) is 18.0. The van der Waals surface area contributed by atoms with Gasteiger partial charge in [-0.2, -0.15) is 10.2 Å².